The normalized spacial score (nSPS) is 7.74. The van der Waals surface area contributed by atoms with Gasteiger partial charge < -0.3 is 45.0 Å². The minimum absolute atomic E-state index is 0. The first-order valence-corrected chi connectivity index (χ1v) is 6.12. The number of rotatable bonds is 2. The second-order valence-corrected chi connectivity index (χ2v) is 3.93. The maximum absolute atomic E-state index is 10.4. The molecule has 2 amide bonds. The molecule has 7 heteroatoms. The van der Waals surface area contributed by atoms with Gasteiger partial charge in [-0.15, -0.1) is 11.4 Å². The fourth-order valence-corrected chi connectivity index (χ4v) is 1.37. The molecule has 2 aromatic carbocycles. The molecule has 0 aromatic heterocycles. The first kappa shape index (κ1) is 26.7. The molecule has 0 radical (unpaired) electrons. The molecular weight excluding hydrogens is 414 g/mol. The van der Waals surface area contributed by atoms with Crippen LogP contribution < -0.4 is 24.8 Å². The van der Waals surface area contributed by atoms with E-state index in [-0.39, 0.29) is 62.8 Å². The summed E-state index contributed by atoms with van der Waals surface area (Å²) in [6.07, 6.45) is 0. The molecule has 23 heavy (non-hydrogen) atoms. The Kier molecular flexibility index (Phi) is 18.3. The molecule has 0 bridgehead atoms. The van der Waals surface area contributed by atoms with E-state index < -0.39 is 0 Å². The quantitative estimate of drug-likeness (QED) is 0.581. The Morgan fingerprint density at radius 2 is 0.913 bits per heavy atom. The summed E-state index contributed by atoms with van der Waals surface area (Å²) in [6, 6.07) is 18.3. The van der Waals surface area contributed by atoms with E-state index in [4.69, 9.17) is 0 Å². The first-order valence-electron chi connectivity index (χ1n) is 6.12. The van der Waals surface area contributed by atoms with Crippen molar-refractivity contribution in [3.8, 4) is 0 Å². The molecule has 0 aliphatic heterocycles. The summed E-state index contributed by atoms with van der Waals surface area (Å²) in [5, 5.41) is 7.44. The van der Waals surface area contributed by atoms with Crippen molar-refractivity contribution in [1.29, 1.82) is 0 Å². The van der Waals surface area contributed by atoms with Crippen LogP contribution in [0, 0.1) is 0 Å². The molecule has 0 aliphatic carbocycles. The van der Waals surface area contributed by atoms with Crippen LogP contribution in [0.25, 0.3) is 10.6 Å². The number of carbonyl (C=O) groups excluding carboxylic acids is 2. The van der Waals surface area contributed by atoms with Gasteiger partial charge in [0.1, 0.15) is 0 Å². The largest absolute Gasteiger partial charge is 4.00 e. The molecule has 4 nitrogen and oxygen atoms in total. The van der Waals surface area contributed by atoms with Crippen LogP contribution in [0.5, 0.6) is 0 Å². The molecule has 0 saturated heterocycles. The van der Waals surface area contributed by atoms with Crippen molar-refractivity contribution in [1.82, 2.24) is 0 Å². The monoisotopic (exact) mass is 428 g/mol. The SMILES string of the molecule is CC(=O)[N-]c1ccccc1.CC(=O)[N-]c1ccccc1.[Cl-].[Cl-].[Zr+4]. The van der Waals surface area contributed by atoms with Gasteiger partial charge in [-0.25, -0.2) is 0 Å². The predicted octanol–water partition coefficient (Wildman–Crippen LogP) is -1.52. The molecule has 0 heterocycles. The van der Waals surface area contributed by atoms with Crippen molar-refractivity contribution in [3.05, 3.63) is 71.3 Å². The fourth-order valence-electron chi connectivity index (χ4n) is 1.37. The van der Waals surface area contributed by atoms with E-state index >= 15 is 0 Å². The van der Waals surface area contributed by atoms with Gasteiger partial charge in [-0.1, -0.05) is 60.7 Å². The zero-order valence-corrected chi connectivity index (χ0v) is 16.7. The van der Waals surface area contributed by atoms with Crippen molar-refractivity contribution < 1.29 is 60.6 Å². The molecule has 0 saturated carbocycles. The Hall–Kier alpha value is -1.16. The predicted molar refractivity (Wildman–Crippen MR) is 80.3 cm³/mol. The van der Waals surface area contributed by atoms with E-state index in [9.17, 15) is 9.59 Å². The summed E-state index contributed by atoms with van der Waals surface area (Å²) < 4.78 is 0. The number of nitrogens with zero attached hydrogens (tertiary/aromatic N) is 2. The molecule has 0 aliphatic rings. The summed E-state index contributed by atoms with van der Waals surface area (Å²) >= 11 is 0. The average molecular weight is 430 g/mol. The molecule has 2 aromatic rings. The van der Waals surface area contributed by atoms with Crippen LogP contribution in [-0.4, -0.2) is 11.8 Å². The van der Waals surface area contributed by atoms with Gasteiger partial charge in [0.2, 0.25) is 0 Å². The van der Waals surface area contributed by atoms with E-state index in [2.05, 4.69) is 10.6 Å². The molecule has 0 unspecified atom stereocenters. The van der Waals surface area contributed by atoms with Gasteiger partial charge in [0.25, 0.3) is 0 Å². The number of halogens is 2. The molecular formula is C16H16Cl2N2O2Zr. The topological polar surface area (TPSA) is 62.3 Å². The zero-order chi connectivity index (χ0) is 14.8. The van der Waals surface area contributed by atoms with Gasteiger partial charge in [0.15, 0.2) is 0 Å². The summed E-state index contributed by atoms with van der Waals surface area (Å²) in [5.74, 6) is -0.322. The summed E-state index contributed by atoms with van der Waals surface area (Å²) in [6.45, 7) is 2.88. The van der Waals surface area contributed by atoms with Crippen molar-refractivity contribution in [2.45, 2.75) is 13.8 Å². The molecule has 0 atom stereocenters. The maximum Gasteiger partial charge on any atom is 4.00 e. The van der Waals surface area contributed by atoms with Crippen LogP contribution in [0.15, 0.2) is 60.7 Å². The van der Waals surface area contributed by atoms with Crippen molar-refractivity contribution in [2.75, 3.05) is 0 Å². The third-order valence-corrected chi connectivity index (χ3v) is 2.09. The molecule has 0 fully saturated rings. The second kappa shape index (κ2) is 15.7. The average Bonchev–Trinajstić information content (AvgIpc) is 2.40. The van der Waals surface area contributed by atoms with E-state index in [0.717, 1.165) is 11.4 Å². The summed E-state index contributed by atoms with van der Waals surface area (Å²) in [4.78, 5) is 20.9. The Bertz CT molecular complexity index is 503. The standard InChI is InChI=1S/2C8H9NO.2ClH.Zr/c2*1-7(10)9-8-5-3-2-4-6-8;;;/h2*2-6H,1H3,(H,9,10);2*1H;/q;;;;+4/p-4. The fraction of sp³-hybridized carbons (Fsp3) is 0.125. The molecule has 120 valence electrons. The van der Waals surface area contributed by atoms with E-state index in [1.807, 2.05) is 36.4 Å². The van der Waals surface area contributed by atoms with E-state index in [1.54, 1.807) is 24.3 Å². The van der Waals surface area contributed by atoms with E-state index in [1.165, 1.54) is 13.8 Å². The third-order valence-electron chi connectivity index (χ3n) is 2.09. The van der Waals surface area contributed by atoms with Gasteiger partial charge in [0.05, 0.1) is 11.8 Å². The van der Waals surface area contributed by atoms with Gasteiger partial charge in [-0.3, -0.25) is 0 Å². The van der Waals surface area contributed by atoms with Crippen molar-refractivity contribution in [2.24, 2.45) is 0 Å². The first-order chi connectivity index (χ1) is 9.58. The number of hydrogen-bond acceptors (Lipinski definition) is 2. The van der Waals surface area contributed by atoms with Crippen molar-refractivity contribution >= 4 is 23.2 Å². The Labute approximate surface area is 168 Å². The Morgan fingerprint density at radius 3 is 1.13 bits per heavy atom. The van der Waals surface area contributed by atoms with Gasteiger partial charge >= 0.3 is 26.2 Å². The summed E-state index contributed by atoms with van der Waals surface area (Å²) in [7, 11) is 0. The Balaban J connectivity index is -0.000000308. The number of benzene rings is 2. The Morgan fingerprint density at radius 1 is 0.652 bits per heavy atom. The number of hydrogen-bond donors (Lipinski definition) is 0. The van der Waals surface area contributed by atoms with Gasteiger partial charge in [-0.05, 0) is 13.8 Å². The van der Waals surface area contributed by atoms with Crippen LogP contribution in [0.1, 0.15) is 13.8 Å². The van der Waals surface area contributed by atoms with Crippen LogP contribution >= 0.6 is 0 Å². The minimum atomic E-state index is -0.161. The zero-order valence-electron chi connectivity index (χ0n) is 12.7. The third kappa shape index (κ3) is 14.2. The molecule has 0 N–H and O–H groups in total. The maximum atomic E-state index is 10.4. The van der Waals surface area contributed by atoms with Crippen LogP contribution in [0.2, 0.25) is 0 Å². The van der Waals surface area contributed by atoms with Gasteiger partial charge in [-0.2, -0.15) is 0 Å². The van der Waals surface area contributed by atoms with E-state index in [0.29, 0.717) is 0 Å². The van der Waals surface area contributed by atoms with Crippen LogP contribution in [0.3, 0.4) is 0 Å². The van der Waals surface area contributed by atoms with Crippen LogP contribution in [-0.2, 0) is 35.8 Å². The van der Waals surface area contributed by atoms with Crippen molar-refractivity contribution in [3.63, 3.8) is 0 Å². The number of para-hydroxylation sites is 2. The van der Waals surface area contributed by atoms with Gasteiger partial charge in [0, 0.05) is 0 Å². The van der Waals surface area contributed by atoms with Crippen LogP contribution in [0.4, 0.5) is 11.4 Å². The second-order valence-electron chi connectivity index (χ2n) is 3.93. The number of amides is 2. The smallest absolute Gasteiger partial charge is 1.00 e. The number of carbonyl (C=O) groups is 2. The molecule has 0 spiro atoms. The molecule has 2 rings (SSSR count). The minimum Gasteiger partial charge on any atom is -1.00 e. The summed E-state index contributed by atoms with van der Waals surface area (Å²) in [5.41, 5.74) is 1.44.